The Balaban J connectivity index is 1.59. The second-order valence-electron chi connectivity index (χ2n) is 12.1. The monoisotopic (exact) mass is 517 g/mol. The Labute approximate surface area is 229 Å². The normalized spacial score (nSPS) is 12.4. The fourth-order valence-corrected chi connectivity index (χ4v) is 6.88. The molecule has 0 amide bonds. The molecule has 0 atom stereocenters. The van der Waals surface area contributed by atoms with Gasteiger partial charge in [0.05, 0.1) is 11.1 Å². The highest BCUT2D eigenvalue weighted by Gasteiger charge is 2.21. The Bertz CT molecular complexity index is 1830. The van der Waals surface area contributed by atoms with Gasteiger partial charge in [0.1, 0.15) is 5.76 Å². The van der Waals surface area contributed by atoms with Crippen LogP contribution in [0.4, 0.5) is 0 Å². The molecule has 192 valence electrons. The second-order valence-corrected chi connectivity index (χ2v) is 13.2. The largest absolute Gasteiger partial charge is 0.443 e. The first-order valence-corrected chi connectivity index (χ1v) is 14.4. The van der Waals surface area contributed by atoms with Crippen LogP contribution in [0.5, 0.6) is 0 Å². The summed E-state index contributed by atoms with van der Waals surface area (Å²) in [5.74, 6) is 1.58. The number of aromatic nitrogens is 1. The summed E-state index contributed by atoms with van der Waals surface area (Å²) in [5, 5.41) is 4.98. The maximum Gasteiger partial charge on any atom is 0.227 e. The number of pyridine rings is 1. The van der Waals surface area contributed by atoms with Crippen molar-refractivity contribution in [3.05, 3.63) is 88.5 Å². The average Bonchev–Trinajstić information content (AvgIpc) is 3.40. The van der Waals surface area contributed by atoms with E-state index in [1.165, 1.54) is 42.4 Å². The van der Waals surface area contributed by atoms with Crippen LogP contribution < -0.4 is 0 Å². The number of nitrogens with zero attached hydrogens (tertiary/aromatic N) is 1. The van der Waals surface area contributed by atoms with Crippen molar-refractivity contribution < 1.29 is 4.42 Å². The summed E-state index contributed by atoms with van der Waals surface area (Å²) in [6.07, 6.45) is 1.12. The number of rotatable bonds is 4. The van der Waals surface area contributed by atoms with Crippen molar-refractivity contribution in [2.75, 3.05) is 0 Å². The van der Waals surface area contributed by atoms with Crippen LogP contribution in [0.1, 0.15) is 56.4 Å². The summed E-state index contributed by atoms with van der Waals surface area (Å²) in [6.45, 7) is 15.6. The zero-order valence-corrected chi connectivity index (χ0v) is 24.2. The van der Waals surface area contributed by atoms with Crippen molar-refractivity contribution in [1.29, 1.82) is 0 Å². The van der Waals surface area contributed by atoms with Crippen molar-refractivity contribution in [1.82, 2.24) is 4.98 Å². The minimum absolute atomic E-state index is 0.0122. The van der Waals surface area contributed by atoms with Crippen LogP contribution in [0.2, 0.25) is 0 Å². The van der Waals surface area contributed by atoms with Crippen molar-refractivity contribution in [2.24, 2.45) is 5.92 Å². The van der Waals surface area contributed by atoms with Gasteiger partial charge in [0.15, 0.2) is 0 Å². The molecular weight excluding hydrogens is 482 g/mol. The van der Waals surface area contributed by atoms with Gasteiger partial charge in [-0.15, -0.1) is 11.3 Å². The molecule has 0 aliphatic rings. The molecule has 6 aromatic rings. The van der Waals surface area contributed by atoms with Gasteiger partial charge < -0.3 is 4.42 Å². The summed E-state index contributed by atoms with van der Waals surface area (Å²) >= 11 is 1.92. The van der Waals surface area contributed by atoms with Crippen LogP contribution in [-0.2, 0) is 11.8 Å². The molecule has 0 unspecified atom stereocenters. The summed E-state index contributed by atoms with van der Waals surface area (Å²) in [4.78, 5) is 6.53. The van der Waals surface area contributed by atoms with Gasteiger partial charge in [-0.1, -0.05) is 71.0 Å². The molecule has 3 aromatic carbocycles. The Hall–Kier alpha value is -3.43. The minimum Gasteiger partial charge on any atom is -0.443 e. The topological polar surface area (TPSA) is 26.0 Å². The predicted molar refractivity (Wildman–Crippen MR) is 164 cm³/mol. The Kier molecular flexibility index (Phi) is 5.96. The third-order valence-corrected chi connectivity index (χ3v) is 8.72. The van der Waals surface area contributed by atoms with E-state index in [1.807, 2.05) is 18.3 Å². The molecule has 3 aromatic heterocycles. The van der Waals surface area contributed by atoms with Gasteiger partial charge in [0.25, 0.3) is 0 Å². The number of aryl methyl sites for hydroxylation is 2. The molecule has 2 nitrogen and oxygen atoms in total. The standard InChI is InChI=1S/C35H35NOS/c1-20(2)14-27-16-25-13-12-24(18-32(25)38-27)29-19-31(36-34-33(29)21(3)22(4)37-34)26-15-23-10-8-9-11-28(23)30(17-26)35(5,6)7/h8-13,15-20H,14H2,1-7H3. The van der Waals surface area contributed by atoms with Gasteiger partial charge >= 0.3 is 0 Å². The van der Waals surface area contributed by atoms with Crippen molar-refractivity contribution in [3.63, 3.8) is 0 Å². The van der Waals surface area contributed by atoms with Gasteiger partial charge in [0, 0.05) is 20.7 Å². The molecule has 0 radical (unpaired) electrons. The van der Waals surface area contributed by atoms with E-state index in [9.17, 15) is 0 Å². The Morgan fingerprint density at radius 2 is 1.66 bits per heavy atom. The number of benzene rings is 3. The van der Waals surface area contributed by atoms with E-state index < -0.39 is 0 Å². The van der Waals surface area contributed by atoms with Gasteiger partial charge in [-0.05, 0) is 94.8 Å². The van der Waals surface area contributed by atoms with E-state index in [1.54, 1.807) is 0 Å². The molecule has 0 N–H and O–H groups in total. The van der Waals surface area contributed by atoms with E-state index in [0.29, 0.717) is 11.6 Å². The highest BCUT2D eigenvalue weighted by molar-refractivity contribution is 7.19. The van der Waals surface area contributed by atoms with Crippen LogP contribution in [-0.4, -0.2) is 4.98 Å². The van der Waals surface area contributed by atoms with Gasteiger partial charge in [0.2, 0.25) is 5.71 Å². The summed E-state index contributed by atoms with van der Waals surface area (Å²) < 4.78 is 7.57. The number of hydrogen-bond acceptors (Lipinski definition) is 3. The van der Waals surface area contributed by atoms with Gasteiger partial charge in [-0.2, -0.15) is 0 Å². The van der Waals surface area contributed by atoms with E-state index in [0.717, 1.165) is 34.4 Å². The van der Waals surface area contributed by atoms with E-state index >= 15 is 0 Å². The summed E-state index contributed by atoms with van der Waals surface area (Å²) in [5.41, 5.74) is 7.69. The van der Waals surface area contributed by atoms with E-state index in [4.69, 9.17) is 9.40 Å². The molecule has 0 aliphatic carbocycles. The quantitative estimate of drug-likeness (QED) is 0.232. The van der Waals surface area contributed by atoms with Crippen LogP contribution in [0.25, 0.3) is 54.3 Å². The molecular formula is C35H35NOS. The first-order valence-electron chi connectivity index (χ1n) is 13.6. The van der Waals surface area contributed by atoms with E-state index in [-0.39, 0.29) is 5.41 Å². The minimum atomic E-state index is 0.0122. The first kappa shape index (κ1) is 24.9. The van der Waals surface area contributed by atoms with E-state index in [2.05, 4.69) is 108 Å². The Morgan fingerprint density at radius 3 is 2.42 bits per heavy atom. The molecule has 0 fully saturated rings. The first-order chi connectivity index (χ1) is 18.1. The number of thiophene rings is 1. The SMILES string of the molecule is Cc1oc2nc(-c3cc(C(C)(C)C)c4ccccc4c3)cc(-c3ccc4cc(CC(C)C)sc4c3)c2c1C. The average molecular weight is 518 g/mol. The molecule has 38 heavy (non-hydrogen) atoms. The van der Waals surface area contributed by atoms with Crippen LogP contribution in [0, 0.1) is 19.8 Å². The number of hydrogen-bond donors (Lipinski definition) is 0. The van der Waals surface area contributed by atoms with Crippen LogP contribution in [0.15, 0.2) is 71.1 Å². The van der Waals surface area contributed by atoms with Crippen molar-refractivity contribution in [3.8, 4) is 22.4 Å². The zero-order valence-electron chi connectivity index (χ0n) is 23.4. The Morgan fingerprint density at radius 1 is 0.868 bits per heavy atom. The zero-order chi connectivity index (χ0) is 26.8. The van der Waals surface area contributed by atoms with Crippen LogP contribution in [0.3, 0.4) is 0 Å². The lowest BCUT2D eigenvalue weighted by atomic mass is 9.82. The molecule has 0 saturated heterocycles. The lowest BCUT2D eigenvalue weighted by Gasteiger charge is -2.23. The fraction of sp³-hybridized carbons (Fsp3) is 0.286. The molecule has 3 heteroatoms. The molecule has 0 saturated carbocycles. The second kappa shape index (κ2) is 9.10. The van der Waals surface area contributed by atoms with Crippen molar-refractivity contribution >= 4 is 43.3 Å². The summed E-state index contributed by atoms with van der Waals surface area (Å²) in [6, 6.07) is 24.8. The molecule has 0 spiro atoms. The third-order valence-electron chi connectivity index (χ3n) is 7.60. The third kappa shape index (κ3) is 4.33. The highest BCUT2D eigenvalue weighted by Crippen LogP contribution is 2.40. The van der Waals surface area contributed by atoms with Gasteiger partial charge in [-0.3, -0.25) is 0 Å². The number of furan rings is 1. The maximum atomic E-state index is 6.23. The molecule has 3 heterocycles. The molecule has 0 aliphatic heterocycles. The molecule has 0 bridgehead atoms. The lowest BCUT2D eigenvalue weighted by Crippen LogP contribution is -2.12. The smallest absolute Gasteiger partial charge is 0.227 e. The van der Waals surface area contributed by atoms with Gasteiger partial charge in [-0.25, -0.2) is 4.98 Å². The fourth-order valence-electron chi connectivity index (χ4n) is 5.57. The van der Waals surface area contributed by atoms with Crippen LogP contribution >= 0.6 is 11.3 Å². The lowest BCUT2D eigenvalue weighted by molar-refractivity contribution is 0.565. The maximum absolute atomic E-state index is 6.23. The predicted octanol–water partition coefficient (Wildman–Crippen LogP) is 10.6. The summed E-state index contributed by atoms with van der Waals surface area (Å²) in [7, 11) is 0. The van der Waals surface area contributed by atoms with Crippen molar-refractivity contribution in [2.45, 2.75) is 60.3 Å². The molecule has 6 rings (SSSR count). The highest BCUT2D eigenvalue weighted by atomic mass is 32.1. The number of fused-ring (bicyclic) bond motifs is 3.